The van der Waals surface area contributed by atoms with E-state index in [0.717, 1.165) is 5.69 Å². The second-order valence-electron chi connectivity index (χ2n) is 5.54. The summed E-state index contributed by atoms with van der Waals surface area (Å²) >= 11 is 0. The number of aryl methyl sites for hydroxylation is 1. The van der Waals surface area contributed by atoms with Crippen LogP contribution in [0.15, 0.2) is 24.4 Å². The lowest BCUT2D eigenvalue weighted by molar-refractivity contribution is -0.138. The molecule has 1 aliphatic heterocycles. The van der Waals surface area contributed by atoms with Crippen molar-refractivity contribution in [2.45, 2.75) is 32.2 Å². The van der Waals surface area contributed by atoms with E-state index in [9.17, 15) is 14.4 Å². The highest BCUT2D eigenvalue weighted by Crippen LogP contribution is 2.30. The van der Waals surface area contributed by atoms with Crippen LogP contribution in [0, 0.1) is 5.92 Å². The first kappa shape index (κ1) is 14.4. The van der Waals surface area contributed by atoms with Crippen LogP contribution in [0.25, 0.3) is 0 Å². The summed E-state index contributed by atoms with van der Waals surface area (Å²) in [7, 11) is 1.56. The Morgan fingerprint density at radius 3 is 2.55 bits per heavy atom. The van der Waals surface area contributed by atoms with E-state index in [2.05, 4.69) is 4.98 Å². The predicted molar refractivity (Wildman–Crippen MR) is 72.9 cm³/mol. The summed E-state index contributed by atoms with van der Waals surface area (Å²) < 4.78 is 0. The number of hydrogen-bond donors (Lipinski definition) is 0. The maximum Gasteiger partial charge on any atom is 0.241 e. The third-order valence-corrected chi connectivity index (χ3v) is 3.96. The molecule has 0 N–H and O–H groups in total. The Hall–Kier alpha value is -2.04. The number of ketones is 2. The SMILES string of the molecule is CN1C(=O)C(C(=O)CCc2ccccn2)C(=O)C1(C)C. The second-order valence-corrected chi connectivity index (χ2v) is 5.54. The van der Waals surface area contributed by atoms with E-state index in [1.807, 2.05) is 12.1 Å². The Labute approximate surface area is 118 Å². The van der Waals surface area contributed by atoms with Crippen molar-refractivity contribution in [2.24, 2.45) is 5.92 Å². The van der Waals surface area contributed by atoms with E-state index < -0.39 is 17.4 Å². The molecule has 0 aliphatic carbocycles. The maximum absolute atomic E-state index is 12.2. The smallest absolute Gasteiger partial charge is 0.241 e. The maximum atomic E-state index is 12.2. The predicted octanol–water partition coefficient (Wildman–Crippen LogP) is 1.02. The fourth-order valence-corrected chi connectivity index (χ4v) is 2.33. The molecule has 1 aliphatic rings. The van der Waals surface area contributed by atoms with Crippen molar-refractivity contribution in [2.75, 3.05) is 7.05 Å². The van der Waals surface area contributed by atoms with Crippen molar-refractivity contribution in [3.63, 3.8) is 0 Å². The van der Waals surface area contributed by atoms with Crippen LogP contribution in [-0.2, 0) is 20.8 Å². The highest BCUT2D eigenvalue weighted by molar-refractivity contribution is 6.25. The van der Waals surface area contributed by atoms with Crippen LogP contribution < -0.4 is 0 Å². The van der Waals surface area contributed by atoms with Crippen LogP contribution in [-0.4, -0.2) is 39.9 Å². The van der Waals surface area contributed by atoms with Crippen molar-refractivity contribution in [1.29, 1.82) is 0 Å². The monoisotopic (exact) mass is 274 g/mol. The van der Waals surface area contributed by atoms with Crippen LogP contribution in [0.4, 0.5) is 0 Å². The average Bonchev–Trinajstić information content (AvgIpc) is 2.59. The normalized spacial score (nSPS) is 21.4. The zero-order valence-electron chi connectivity index (χ0n) is 11.9. The zero-order valence-corrected chi connectivity index (χ0v) is 11.9. The number of carbonyl (C=O) groups is 3. The molecule has 1 amide bonds. The largest absolute Gasteiger partial charge is 0.333 e. The number of carbonyl (C=O) groups excluding carboxylic acids is 3. The Morgan fingerprint density at radius 2 is 2.05 bits per heavy atom. The van der Waals surface area contributed by atoms with Crippen LogP contribution in [0.1, 0.15) is 26.0 Å². The van der Waals surface area contributed by atoms with Gasteiger partial charge in [-0.2, -0.15) is 0 Å². The molecule has 0 aromatic carbocycles. The minimum Gasteiger partial charge on any atom is -0.333 e. The van der Waals surface area contributed by atoms with Crippen LogP contribution >= 0.6 is 0 Å². The average molecular weight is 274 g/mol. The van der Waals surface area contributed by atoms with Gasteiger partial charge in [-0.05, 0) is 32.4 Å². The molecule has 0 saturated carbocycles. The van der Waals surface area contributed by atoms with Crippen LogP contribution in [0.2, 0.25) is 0 Å². The number of nitrogens with zero attached hydrogens (tertiary/aromatic N) is 2. The standard InChI is InChI=1S/C15H18N2O3/c1-15(2)13(19)12(14(20)17(15)3)11(18)8-7-10-6-4-5-9-16-10/h4-6,9,12H,7-8H2,1-3H3. The Kier molecular flexibility index (Phi) is 3.70. The number of rotatable bonds is 4. The first-order chi connectivity index (χ1) is 9.35. The van der Waals surface area contributed by atoms with Gasteiger partial charge in [-0.15, -0.1) is 0 Å². The topological polar surface area (TPSA) is 67.3 Å². The Bertz CT molecular complexity index is 551. The highest BCUT2D eigenvalue weighted by Gasteiger charge is 2.53. The summed E-state index contributed by atoms with van der Waals surface area (Å²) in [6, 6.07) is 5.46. The number of Topliss-reactive ketones (excluding diaryl/α,β-unsaturated/α-hetero) is 2. The number of likely N-dealkylation sites (N-methyl/N-ethyl adjacent to an activating group) is 1. The molecule has 2 heterocycles. The molecule has 0 bridgehead atoms. The minimum atomic E-state index is -1.14. The van der Waals surface area contributed by atoms with Gasteiger partial charge in [0.1, 0.15) is 0 Å². The van der Waals surface area contributed by atoms with Gasteiger partial charge in [0.2, 0.25) is 5.91 Å². The third kappa shape index (κ3) is 2.35. The van der Waals surface area contributed by atoms with Gasteiger partial charge in [0.15, 0.2) is 17.5 Å². The molecule has 20 heavy (non-hydrogen) atoms. The van der Waals surface area contributed by atoms with Crippen molar-refractivity contribution >= 4 is 17.5 Å². The molecule has 0 spiro atoms. The van der Waals surface area contributed by atoms with E-state index in [1.165, 1.54) is 4.90 Å². The van der Waals surface area contributed by atoms with E-state index >= 15 is 0 Å². The third-order valence-electron chi connectivity index (χ3n) is 3.96. The van der Waals surface area contributed by atoms with E-state index in [-0.39, 0.29) is 18.0 Å². The molecule has 1 atom stereocenters. The molecule has 2 rings (SSSR count). The number of aromatic nitrogens is 1. The molecule has 1 aromatic heterocycles. The molecule has 5 heteroatoms. The van der Waals surface area contributed by atoms with Gasteiger partial charge in [0, 0.05) is 25.4 Å². The molecule has 1 aromatic rings. The minimum absolute atomic E-state index is 0.156. The lowest BCUT2D eigenvalue weighted by Gasteiger charge is -2.25. The summed E-state index contributed by atoms with van der Waals surface area (Å²) in [6.45, 7) is 3.33. The Morgan fingerprint density at radius 1 is 1.35 bits per heavy atom. The summed E-state index contributed by atoms with van der Waals surface area (Å²) in [6.07, 6.45) is 2.26. The van der Waals surface area contributed by atoms with Crippen molar-refractivity contribution < 1.29 is 14.4 Å². The van der Waals surface area contributed by atoms with Gasteiger partial charge in [-0.3, -0.25) is 19.4 Å². The van der Waals surface area contributed by atoms with Gasteiger partial charge in [0.25, 0.3) is 0 Å². The quantitative estimate of drug-likeness (QED) is 0.769. The zero-order chi connectivity index (χ0) is 14.9. The van der Waals surface area contributed by atoms with Gasteiger partial charge < -0.3 is 4.90 Å². The second kappa shape index (κ2) is 5.15. The fourth-order valence-electron chi connectivity index (χ4n) is 2.33. The molecule has 106 valence electrons. The molecule has 1 saturated heterocycles. The molecule has 5 nitrogen and oxygen atoms in total. The fraction of sp³-hybridized carbons (Fsp3) is 0.467. The molecular formula is C15H18N2O3. The Balaban J connectivity index is 2.07. The molecule has 1 unspecified atom stereocenters. The molecular weight excluding hydrogens is 256 g/mol. The van der Waals surface area contributed by atoms with Crippen LogP contribution in [0.3, 0.4) is 0 Å². The number of pyridine rings is 1. The van der Waals surface area contributed by atoms with Gasteiger partial charge in [-0.25, -0.2) is 0 Å². The lowest BCUT2D eigenvalue weighted by Crippen LogP contribution is -2.41. The van der Waals surface area contributed by atoms with Gasteiger partial charge >= 0.3 is 0 Å². The van der Waals surface area contributed by atoms with Gasteiger partial charge in [0.05, 0.1) is 5.54 Å². The summed E-state index contributed by atoms with van der Waals surface area (Å²) in [5.74, 6) is -2.16. The first-order valence-electron chi connectivity index (χ1n) is 6.60. The van der Waals surface area contributed by atoms with E-state index in [4.69, 9.17) is 0 Å². The highest BCUT2D eigenvalue weighted by atomic mass is 16.2. The lowest BCUT2D eigenvalue weighted by atomic mass is 9.90. The molecule has 1 fully saturated rings. The van der Waals surface area contributed by atoms with Crippen molar-refractivity contribution in [3.8, 4) is 0 Å². The number of likely N-dealkylation sites (tertiary alicyclic amines) is 1. The first-order valence-corrected chi connectivity index (χ1v) is 6.60. The summed E-state index contributed by atoms with van der Waals surface area (Å²) in [4.78, 5) is 41.9. The molecule has 0 radical (unpaired) electrons. The van der Waals surface area contributed by atoms with Gasteiger partial charge in [-0.1, -0.05) is 6.07 Å². The van der Waals surface area contributed by atoms with E-state index in [1.54, 1.807) is 33.2 Å². The number of hydrogen-bond acceptors (Lipinski definition) is 4. The number of amides is 1. The van der Waals surface area contributed by atoms with Crippen molar-refractivity contribution in [3.05, 3.63) is 30.1 Å². The summed E-state index contributed by atoms with van der Waals surface area (Å²) in [5, 5.41) is 0. The van der Waals surface area contributed by atoms with Crippen molar-refractivity contribution in [1.82, 2.24) is 9.88 Å². The van der Waals surface area contributed by atoms with E-state index in [0.29, 0.717) is 6.42 Å². The van der Waals surface area contributed by atoms with Crippen LogP contribution in [0.5, 0.6) is 0 Å². The summed E-state index contributed by atoms with van der Waals surface area (Å²) in [5.41, 5.74) is -0.117.